The maximum Gasteiger partial charge on any atom is 0.253 e. The van der Waals surface area contributed by atoms with Crippen LogP contribution in [0.25, 0.3) is 0 Å². The summed E-state index contributed by atoms with van der Waals surface area (Å²) in [5.74, 6) is 0.0423. The number of hydrogen-bond acceptors (Lipinski definition) is 3. The van der Waals surface area contributed by atoms with Gasteiger partial charge in [0.25, 0.3) is 5.91 Å². The normalized spacial score (nSPS) is 22.8. The number of rotatable bonds is 4. The van der Waals surface area contributed by atoms with Crippen LogP contribution in [0, 0.1) is 6.92 Å². The Kier molecular flexibility index (Phi) is 3.66. The zero-order valence-electron chi connectivity index (χ0n) is 12.3. The first-order valence-electron chi connectivity index (χ1n) is 7.50. The largest absolute Gasteiger partial charge is 0.387 e. The molecule has 2 N–H and O–H groups in total. The van der Waals surface area contributed by atoms with Crippen molar-refractivity contribution in [2.24, 2.45) is 0 Å². The molecule has 1 atom stereocenters. The Balaban J connectivity index is 1.65. The van der Waals surface area contributed by atoms with Crippen LogP contribution in [-0.4, -0.2) is 43.0 Å². The molecule has 1 saturated heterocycles. The second kappa shape index (κ2) is 5.44. The van der Waals surface area contributed by atoms with Crippen LogP contribution < -0.4 is 10.6 Å². The summed E-state index contributed by atoms with van der Waals surface area (Å²) in [5.41, 5.74) is 2.75. The van der Waals surface area contributed by atoms with Gasteiger partial charge >= 0.3 is 0 Å². The van der Waals surface area contributed by atoms with E-state index in [9.17, 15) is 4.79 Å². The average Bonchev–Trinajstić information content (AvgIpc) is 3.19. The molecule has 0 spiro atoms. The minimum Gasteiger partial charge on any atom is -0.387 e. The van der Waals surface area contributed by atoms with E-state index < -0.39 is 0 Å². The van der Waals surface area contributed by atoms with Crippen molar-refractivity contribution < 1.29 is 4.79 Å². The number of hydrogen-bond donors (Lipinski definition) is 2. The van der Waals surface area contributed by atoms with Crippen LogP contribution in [0.3, 0.4) is 0 Å². The number of anilines is 1. The summed E-state index contributed by atoms with van der Waals surface area (Å²) in [5, 5.41) is 6.28. The van der Waals surface area contributed by atoms with Crippen LogP contribution >= 0.6 is 0 Å². The first-order chi connectivity index (χ1) is 9.67. The highest BCUT2D eigenvalue weighted by atomic mass is 16.1. The molecule has 0 bridgehead atoms. The third kappa shape index (κ3) is 2.80. The Hall–Kier alpha value is -1.55. The van der Waals surface area contributed by atoms with Gasteiger partial charge in [0.1, 0.15) is 0 Å². The first-order valence-corrected chi connectivity index (χ1v) is 7.50. The van der Waals surface area contributed by atoms with Crippen LogP contribution in [0.4, 0.5) is 5.69 Å². The number of likely N-dealkylation sites (tertiary alicyclic amines) is 1. The van der Waals surface area contributed by atoms with E-state index >= 15 is 0 Å². The summed E-state index contributed by atoms with van der Waals surface area (Å²) < 4.78 is 0. The van der Waals surface area contributed by atoms with E-state index in [-0.39, 0.29) is 5.91 Å². The van der Waals surface area contributed by atoms with Gasteiger partial charge in [-0.3, -0.25) is 9.69 Å². The van der Waals surface area contributed by atoms with Crippen LogP contribution in [0.1, 0.15) is 35.2 Å². The summed E-state index contributed by atoms with van der Waals surface area (Å²) >= 11 is 0. The summed E-state index contributed by atoms with van der Waals surface area (Å²) in [6, 6.07) is 7.04. The van der Waals surface area contributed by atoms with Crippen LogP contribution in [0.15, 0.2) is 18.2 Å². The molecule has 1 aliphatic carbocycles. The van der Waals surface area contributed by atoms with Crippen molar-refractivity contribution in [3.63, 3.8) is 0 Å². The van der Waals surface area contributed by atoms with Gasteiger partial charge < -0.3 is 10.6 Å². The number of benzene rings is 1. The van der Waals surface area contributed by atoms with Crippen molar-refractivity contribution >= 4 is 11.6 Å². The molecule has 2 fully saturated rings. The van der Waals surface area contributed by atoms with Crippen LogP contribution in [0.5, 0.6) is 0 Å². The van der Waals surface area contributed by atoms with E-state index in [1.807, 2.05) is 32.2 Å². The topological polar surface area (TPSA) is 44.4 Å². The molecule has 1 heterocycles. The SMILES string of the molecule is CNc1ccc(C)cc1C(=O)NC1CCN(C2CC2)C1. The molecule has 2 aliphatic rings. The Labute approximate surface area is 120 Å². The van der Waals surface area contributed by atoms with Gasteiger partial charge in [0.2, 0.25) is 0 Å². The van der Waals surface area contributed by atoms with Gasteiger partial charge in [0.05, 0.1) is 5.56 Å². The maximum atomic E-state index is 12.5. The Morgan fingerprint density at radius 2 is 2.10 bits per heavy atom. The summed E-state index contributed by atoms with van der Waals surface area (Å²) in [6.07, 6.45) is 3.74. The summed E-state index contributed by atoms with van der Waals surface area (Å²) in [4.78, 5) is 15.0. The molecule has 3 rings (SSSR count). The fraction of sp³-hybridized carbons (Fsp3) is 0.562. The zero-order valence-corrected chi connectivity index (χ0v) is 12.3. The molecule has 1 aliphatic heterocycles. The molecule has 1 unspecified atom stereocenters. The lowest BCUT2D eigenvalue weighted by Crippen LogP contribution is -2.37. The molecule has 1 aromatic carbocycles. The van der Waals surface area contributed by atoms with Gasteiger partial charge in [-0.25, -0.2) is 0 Å². The molecule has 20 heavy (non-hydrogen) atoms. The Morgan fingerprint density at radius 3 is 2.80 bits per heavy atom. The number of aryl methyl sites for hydroxylation is 1. The lowest BCUT2D eigenvalue weighted by Gasteiger charge is -2.17. The second-order valence-corrected chi connectivity index (χ2v) is 5.98. The lowest BCUT2D eigenvalue weighted by atomic mass is 10.1. The van der Waals surface area contributed by atoms with Crippen LogP contribution in [0.2, 0.25) is 0 Å². The van der Waals surface area contributed by atoms with Crippen molar-refractivity contribution in [1.82, 2.24) is 10.2 Å². The summed E-state index contributed by atoms with van der Waals surface area (Å²) in [7, 11) is 1.85. The highest BCUT2D eigenvalue weighted by Gasteiger charge is 2.34. The Bertz CT molecular complexity index is 510. The minimum atomic E-state index is 0.0423. The smallest absolute Gasteiger partial charge is 0.253 e. The van der Waals surface area contributed by atoms with Crippen molar-refractivity contribution in [3.05, 3.63) is 29.3 Å². The number of carbonyl (C=O) groups is 1. The number of carbonyl (C=O) groups excluding carboxylic acids is 1. The number of nitrogens with zero attached hydrogens (tertiary/aromatic N) is 1. The minimum absolute atomic E-state index is 0.0423. The van der Waals surface area contributed by atoms with E-state index in [0.29, 0.717) is 6.04 Å². The molecule has 1 amide bonds. The van der Waals surface area contributed by atoms with E-state index in [1.54, 1.807) is 0 Å². The fourth-order valence-corrected chi connectivity index (χ4v) is 3.00. The zero-order chi connectivity index (χ0) is 14.1. The van der Waals surface area contributed by atoms with Gasteiger partial charge in [-0.15, -0.1) is 0 Å². The monoisotopic (exact) mass is 273 g/mol. The average molecular weight is 273 g/mol. The number of nitrogens with one attached hydrogen (secondary N) is 2. The molecule has 4 nitrogen and oxygen atoms in total. The van der Waals surface area contributed by atoms with Crippen LogP contribution in [-0.2, 0) is 0 Å². The van der Waals surface area contributed by atoms with Gasteiger partial charge in [0, 0.05) is 37.9 Å². The lowest BCUT2D eigenvalue weighted by molar-refractivity contribution is 0.0938. The molecule has 1 aromatic rings. The Morgan fingerprint density at radius 1 is 1.30 bits per heavy atom. The van der Waals surface area contributed by atoms with Gasteiger partial charge in [-0.05, 0) is 38.3 Å². The van der Waals surface area contributed by atoms with Crippen molar-refractivity contribution in [1.29, 1.82) is 0 Å². The highest BCUT2D eigenvalue weighted by Crippen LogP contribution is 2.30. The van der Waals surface area contributed by atoms with Gasteiger partial charge in [-0.2, -0.15) is 0 Å². The number of amides is 1. The molecular weight excluding hydrogens is 250 g/mol. The molecular formula is C16H23N3O. The molecule has 4 heteroatoms. The molecule has 108 valence electrons. The predicted molar refractivity (Wildman–Crippen MR) is 81.2 cm³/mol. The quantitative estimate of drug-likeness (QED) is 0.882. The molecule has 1 saturated carbocycles. The van der Waals surface area contributed by atoms with E-state index in [1.165, 1.54) is 12.8 Å². The fourth-order valence-electron chi connectivity index (χ4n) is 3.00. The third-order valence-electron chi connectivity index (χ3n) is 4.31. The van der Waals surface area contributed by atoms with E-state index in [4.69, 9.17) is 0 Å². The standard InChI is InChI=1S/C16H23N3O/c1-11-3-6-15(17-2)14(9-11)16(20)18-12-7-8-19(10-12)13-4-5-13/h3,6,9,12-13,17H,4-5,7-8,10H2,1-2H3,(H,18,20). The highest BCUT2D eigenvalue weighted by molar-refractivity contribution is 6.00. The first kappa shape index (κ1) is 13.4. The van der Waals surface area contributed by atoms with Crippen molar-refractivity contribution in [2.75, 3.05) is 25.5 Å². The van der Waals surface area contributed by atoms with E-state index in [0.717, 1.165) is 42.4 Å². The third-order valence-corrected chi connectivity index (χ3v) is 4.31. The molecule has 0 radical (unpaired) electrons. The summed E-state index contributed by atoms with van der Waals surface area (Å²) in [6.45, 7) is 4.15. The molecule has 0 aromatic heterocycles. The van der Waals surface area contributed by atoms with Gasteiger partial charge in [0.15, 0.2) is 0 Å². The van der Waals surface area contributed by atoms with Crippen molar-refractivity contribution in [2.45, 2.75) is 38.3 Å². The maximum absolute atomic E-state index is 12.5. The van der Waals surface area contributed by atoms with Crippen molar-refractivity contribution in [3.8, 4) is 0 Å². The van der Waals surface area contributed by atoms with E-state index in [2.05, 4.69) is 15.5 Å². The predicted octanol–water partition coefficient (Wildman–Crippen LogP) is 2.00. The second-order valence-electron chi connectivity index (χ2n) is 5.98. The van der Waals surface area contributed by atoms with Gasteiger partial charge in [-0.1, -0.05) is 11.6 Å².